The Morgan fingerprint density at radius 2 is 2.18 bits per heavy atom. The summed E-state index contributed by atoms with van der Waals surface area (Å²) in [5, 5.41) is 14.4. The summed E-state index contributed by atoms with van der Waals surface area (Å²) in [6.07, 6.45) is 9.63. The van der Waals surface area contributed by atoms with Gasteiger partial charge >= 0.3 is 0 Å². The number of nitrogens with one attached hydrogen (secondary N) is 1. The summed E-state index contributed by atoms with van der Waals surface area (Å²) in [4.78, 5) is 24.3. The lowest BCUT2D eigenvalue weighted by molar-refractivity contribution is -0.121. The van der Waals surface area contributed by atoms with Crippen LogP contribution in [0.3, 0.4) is 0 Å². The summed E-state index contributed by atoms with van der Waals surface area (Å²) in [7, 11) is 0. The van der Waals surface area contributed by atoms with Gasteiger partial charge in [0.15, 0.2) is 0 Å². The van der Waals surface area contributed by atoms with Crippen LogP contribution < -0.4 is 5.32 Å². The molecular formula is C21H26N4OS2. The molecule has 0 aromatic carbocycles. The van der Waals surface area contributed by atoms with Crippen molar-refractivity contribution in [1.82, 2.24) is 15.3 Å². The maximum atomic E-state index is 12.9. The molecule has 2 aliphatic rings. The van der Waals surface area contributed by atoms with E-state index in [-0.39, 0.29) is 11.2 Å². The molecule has 5 nitrogen and oxygen atoms in total. The second-order valence-electron chi connectivity index (χ2n) is 8.21. The zero-order chi connectivity index (χ0) is 19.7. The van der Waals surface area contributed by atoms with E-state index in [1.807, 2.05) is 6.92 Å². The molecule has 2 aliphatic carbocycles. The number of thioether (sulfide) groups is 1. The number of carbonyl (C=O) groups excluding carboxylic acids is 1. The Hall–Kier alpha value is -1.65. The largest absolute Gasteiger partial charge is 0.337 e. The van der Waals surface area contributed by atoms with Gasteiger partial charge < -0.3 is 5.32 Å². The van der Waals surface area contributed by atoms with E-state index in [1.165, 1.54) is 28.6 Å². The zero-order valence-electron chi connectivity index (χ0n) is 16.5. The first-order valence-electron chi connectivity index (χ1n) is 10.2. The molecule has 0 spiro atoms. The third-order valence-corrected chi connectivity index (χ3v) is 8.26. The average molecular weight is 415 g/mol. The van der Waals surface area contributed by atoms with E-state index in [0.29, 0.717) is 5.92 Å². The number of nitriles is 1. The Bertz CT molecular complexity index is 926. The van der Waals surface area contributed by atoms with Gasteiger partial charge in [-0.05, 0) is 50.5 Å². The van der Waals surface area contributed by atoms with Gasteiger partial charge in [0.25, 0.3) is 0 Å². The van der Waals surface area contributed by atoms with Crippen LogP contribution in [0.25, 0.3) is 10.2 Å². The normalized spacial score (nSPS) is 22.2. The lowest BCUT2D eigenvalue weighted by Gasteiger charge is -2.32. The first kappa shape index (κ1) is 19.7. The van der Waals surface area contributed by atoms with Gasteiger partial charge in [0.05, 0.1) is 11.3 Å². The van der Waals surface area contributed by atoms with Crippen LogP contribution in [-0.4, -0.2) is 26.7 Å². The van der Waals surface area contributed by atoms with E-state index in [9.17, 15) is 10.1 Å². The lowest BCUT2D eigenvalue weighted by atomic mass is 9.83. The molecule has 4 rings (SSSR count). The molecule has 0 bridgehead atoms. The maximum Gasteiger partial charge on any atom is 0.234 e. The van der Waals surface area contributed by atoms with Crippen LogP contribution in [-0.2, 0) is 17.6 Å². The minimum Gasteiger partial charge on any atom is -0.337 e. The first-order valence-corrected chi connectivity index (χ1v) is 11.9. The Morgan fingerprint density at radius 3 is 2.93 bits per heavy atom. The topological polar surface area (TPSA) is 78.7 Å². The molecule has 148 valence electrons. The molecule has 1 N–H and O–H groups in total. The molecule has 0 unspecified atom stereocenters. The Balaban J connectivity index is 1.54. The number of hydrogen-bond donors (Lipinski definition) is 1. The number of carbonyl (C=O) groups is 1. The van der Waals surface area contributed by atoms with E-state index in [2.05, 4.69) is 28.3 Å². The third-order valence-electron chi connectivity index (χ3n) is 6.00. The van der Waals surface area contributed by atoms with Crippen LogP contribution in [0.2, 0.25) is 0 Å². The summed E-state index contributed by atoms with van der Waals surface area (Å²) in [6.45, 7) is 4.21. The second-order valence-corrected chi connectivity index (χ2v) is 10.6. The first-order chi connectivity index (χ1) is 13.5. The van der Waals surface area contributed by atoms with Crippen molar-refractivity contribution in [3.63, 3.8) is 0 Å². The van der Waals surface area contributed by atoms with Crippen molar-refractivity contribution in [1.29, 1.82) is 5.26 Å². The molecule has 0 radical (unpaired) electrons. The van der Waals surface area contributed by atoms with Crippen LogP contribution in [0.4, 0.5) is 0 Å². The fourth-order valence-corrected chi connectivity index (χ4v) is 6.68. The van der Waals surface area contributed by atoms with Gasteiger partial charge in [-0.1, -0.05) is 37.9 Å². The number of aryl methyl sites for hydroxylation is 1. The fourth-order valence-electron chi connectivity index (χ4n) is 4.31. The average Bonchev–Trinajstić information content (AvgIpc) is 3.07. The van der Waals surface area contributed by atoms with E-state index < -0.39 is 5.54 Å². The molecule has 2 aromatic heterocycles. The van der Waals surface area contributed by atoms with E-state index >= 15 is 0 Å². The monoisotopic (exact) mass is 414 g/mol. The summed E-state index contributed by atoms with van der Waals surface area (Å²) in [6, 6.07) is 2.37. The number of fused-ring (bicyclic) bond motifs is 3. The van der Waals surface area contributed by atoms with Gasteiger partial charge in [-0.2, -0.15) is 5.26 Å². The second kappa shape index (κ2) is 8.00. The quantitative estimate of drug-likeness (QED) is 0.582. The molecule has 7 heteroatoms. The molecule has 1 fully saturated rings. The highest BCUT2D eigenvalue weighted by molar-refractivity contribution is 8.00. The number of amides is 1. The zero-order valence-corrected chi connectivity index (χ0v) is 18.1. The predicted molar refractivity (Wildman–Crippen MR) is 113 cm³/mol. The molecule has 0 saturated heterocycles. The van der Waals surface area contributed by atoms with E-state index in [0.717, 1.165) is 60.2 Å². The highest BCUT2D eigenvalue weighted by atomic mass is 32.2. The van der Waals surface area contributed by atoms with Gasteiger partial charge in [0, 0.05) is 10.3 Å². The molecular weight excluding hydrogens is 388 g/mol. The third kappa shape index (κ3) is 3.77. The Kier molecular flexibility index (Phi) is 5.62. The van der Waals surface area contributed by atoms with Crippen LogP contribution >= 0.6 is 23.1 Å². The van der Waals surface area contributed by atoms with Crippen molar-refractivity contribution in [2.24, 2.45) is 5.92 Å². The van der Waals surface area contributed by atoms with Crippen LogP contribution in [0, 0.1) is 17.2 Å². The van der Waals surface area contributed by atoms with Crippen LogP contribution in [0.1, 0.15) is 62.8 Å². The fraction of sp³-hybridized carbons (Fsp3) is 0.619. The van der Waals surface area contributed by atoms with Crippen molar-refractivity contribution in [2.75, 3.05) is 0 Å². The van der Waals surface area contributed by atoms with Gasteiger partial charge in [-0.15, -0.1) is 11.3 Å². The van der Waals surface area contributed by atoms with Crippen molar-refractivity contribution >= 4 is 39.2 Å². The summed E-state index contributed by atoms with van der Waals surface area (Å²) in [5.74, 6) is 0.643. The number of nitrogens with zero attached hydrogens (tertiary/aromatic N) is 3. The number of hydrogen-bond acceptors (Lipinski definition) is 6. The lowest BCUT2D eigenvalue weighted by Crippen LogP contribution is -2.50. The van der Waals surface area contributed by atoms with Crippen molar-refractivity contribution < 1.29 is 4.79 Å². The highest BCUT2D eigenvalue weighted by Gasteiger charge is 2.35. The van der Waals surface area contributed by atoms with Gasteiger partial charge in [-0.25, -0.2) is 9.97 Å². The minimum absolute atomic E-state index is 0.0714. The van der Waals surface area contributed by atoms with E-state index in [4.69, 9.17) is 0 Å². The maximum absolute atomic E-state index is 12.9. The van der Waals surface area contributed by atoms with Crippen LogP contribution in [0.15, 0.2) is 11.4 Å². The van der Waals surface area contributed by atoms with Crippen molar-refractivity contribution in [3.05, 3.63) is 16.8 Å². The Labute approximate surface area is 174 Å². The Morgan fingerprint density at radius 1 is 1.39 bits per heavy atom. The van der Waals surface area contributed by atoms with Gasteiger partial charge in [0.1, 0.15) is 21.7 Å². The molecule has 2 atom stereocenters. The number of rotatable bonds is 4. The molecule has 28 heavy (non-hydrogen) atoms. The molecule has 1 saturated carbocycles. The van der Waals surface area contributed by atoms with E-state index in [1.54, 1.807) is 17.7 Å². The number of thiophene rings is 1. The predicted octanol–water partition coefficient (Wildman–Crippen LogP) is 4.64. The summed E-state index contributed by atoms with van der Waals surface area (Å²) in [5.41, 5.74) is 0.692. The highest BCUT2D eigenvalue weighted by Crippen LogP contribution is 2.41. The number of aromatic nitrogens is 2. The SMILES string of the molecule is C[C@@H]1CCc2c(sc3ncnc(S[C@@H](C)C(=O)NC4(C#N)CCCCC4)c23)C1. The summed E-state index contributed by atoms with van der Waals surface area (Å²) >= 11 is 3.27. The van der Waals surface area contributed by atoms with Gasteiger partial charge in [-0.3, -0.25) is 4.79 Å². The molecule has 2 heterocycles. The molecule has 2 aromatic rings. The molecule has 0 aliphatic heterocycles. The van der Waals surface area contributed by atoms with Gasteiger partial charge in [0.2, 0.25) is 5.91 Å². The van der Waals surface area contributed by atoms with Crippen LogP contribution in [0.5, 0.6) is 0 Å². The van der Waals surface area contributed by atoms with Crippen molar-refractivity contribution in [3.8, 4) is 6.07 Å². The smallest absolute Gasteiger partial charge is 0.234 e. The van der Waals surface area contributed by atoms with Crippen molar-refractivity contribution in [2.45, 2.75) is 81.0 Å². The summed E-state index contributed by atoms with van der Waals surface area (Å²) < 4.78 is 0. The minimum atomic E-state index is -0.692. The standard InChI is InChI=1S/C21H26N4OS2/c1-13-6-7-15-16(10-13)28-20-17(15)19(23-12-24-20)27-14(2)18(26)25-21(11-22)8-4-3-5-9-21/h12-14H,3-10H2,1-2H3,(H,25,26)/t13-,14+/m1/s1. The molecule has 1 amide bonds.